The fourth-order valence-corrected chi connectivity index (χ4v) is 2.57. The minimum Gasteiger partial charge on any atom is -0.352 e. The fourth-order valence-electron chi connectivity index (χ4n) is 1.60. The molecule has 5 heteroatoms. The summed E-state index contributed by atoms with van der Waals surface area (Å²) in [7, 11) is -3.22. The molecule has 0 bridgehead atoms. The average molecular weight is 267 g/mol. The SMILES string of the molecule is C/C=C/C(=O)NCCc1ccccc1S(C)(=O)=O. The minimum atomic E-state index is -3.22. The molecule has 4 nitrogen and oxygen atoms in total. The number of nitrogens with one attached hydrogen (secondary N) is 1. The third kappa shape index (κ3) is 4.33. The van der Waals surface area contributed by atoms with Gasteiger partial charge in [0.15, 0.2) is 9.84 Å². The van der Waals surface area contributed by atoms with E-state index in [4.69, 9.17) is 0 Å². The van der Waals surface area contributed by atoms with Gasteiger partial charge in [-0.3, -0.25) is 4.79 Å². The monoisotopic (exact) mass is 267 g/mol. The van der Waals surface area contributed by atoms with Crippen LogP contribution in [0.4, 0.5) is 0 Å². The van der Waals surface area contributed by atoms with E-state index >= 15 is 0 Å². The first kappa shape index (κ1) is 14.4. The van der Waals surface area contributed by atoms with E-state index < -0.39 is 9.84 Å². The lowest BCUT2D eigenvalue weighted by Crippen LogP contribution is -2.24. The maximum absolute atomic E-state index is 11.6. The lowest BCUT2D eigenvalue weighted by Gasteiger charge is -2.07. The predicted octanol–water partition coefficient (Wildman–Crippen LogP) is 1.32. The van der Waals surface area contributed by atoms with Gasteiger partial charge in [0.05, 0.1) is 4.90 Å². The van der Waals surface area contributed by atoms with Crippen molar-refractivity contribution in [2.45, 2.75) is 18.2 Å². The second kappa shape index (κ2) is 6.35. The van der Waals surface area contributed by atoms with Crippen LogP contribution in [-0.2, 0) is 21.1 Å². The molecule has 1 amide bonds. The van der Waals surface area contributed by atoms with E-state index in [9.17, 15) is 13.2 Å². The van der Waals surface area contributed by atoms with Crippen molar-refractivity contribution >= 4 is 15.7 Å². The maximum Gasteiger partial charge on any atom is 0.243 e. The van der Waals surface area contributed by atoms with Crippen LogP contribution in [0.25, 0.3) is 0 Å². The van der Waals surface area contributed by atoms with Crippen LogP contribution in [0.3, 0.4) is 0 Å². The molecule has 0 aliphatic carbocycles. The van der Waals surface area contributed by atoms with Gasteiger partial charge in [-0.05, 0) is 31.1 Å². The van der Waals surface area contributed by atoms with Crippen LogP contribution in [0.15, 0.2) is 41.3 Å². The normalized spacial score (nSPS) is 11.7. The number of hydrogen-bond donors (Lipinski definition) is 1. The number of rotatable bonds is 5. The Hall–Kier alpha value is -1.62. The van der Waals surface area contributed by atoms with Crippen LogP contribution >= 0.6 is 0 Å². The molecule has 0 atom stereocenters. The Balaban J connectivity index is 2.72. The van der Waals surface area contributed by atoms with Gasteiger partial charge in [0.25, 0.3) is 0 Å². The number of carbonyl (C=O) groups excluding carboxylic acids is 1. The van der Waals surface area contributed by atoms with Gasteiger partial charge in [-0.25, -0.2) is 8.42 Å². The van der Waals surface area contributed by atoms with E-state index in [0.717, 1.165) is 5.56 Å². The lowest BCUT2D eigenvalue weighted by molar-refractivity contribution is -0.116. The Labute approximate surface area is 108 Å². The van der Waals surface area contributed by atoms with Crippen LogP contribution in [0.2, 0.25) is 0 Å². The van der Waals surface area contributed by atoms with Crippen LogP contribution in [0.1, 0.15) is 12.5 Å². The van der Waals surface area contributed by atoms with Crippen molar-refractivity contribution in [3.8, 4) is 0 Å². The third-order valence-corrected chi connectivity index (χ3v) is 3.58. The van der Waals surface area contributed by atoms with Crippen molar-refractivity contribution in [2.24, 2.45) is 0 Å². The summed E-state index contributed by atoms with van der Waals surface area (Å²) < 4.78 is 23.1. The zero-order valence-electron chi connectivity index (χ0n) is 10.5. The number of allylic oxidation sites excluding steroid dienone is 1. The molecule has 0 radical (unpaired) electrons. The standard InChI is InChI=1S/C13H17NO3S/c1-3-6-13(15)14-10-9-11-7-4-5-8-12(11)18(2,16)17/h3-8H,9-10H2,1-2H3,(H,14,15)/b6-3+. The molecule has 0 saturated carbocycles. The van der Waals surface area contributed by atoms with Gasteiger partial charge < -0.3 is 5.32 Å². The minimum absolute atomic E-state index is 0.172. The van der Waals surface area contributed by atoms with E-state index in [-0.39, 0.29) is 5.91 Å². The van der Waals surface area contributed by atoms with Crippen LogP contribution < -0.4 is 5.32 Å². The van der Waals surface area contributed by atoms with Crippen molar-refractivity contribution in [3.63, 3.8) is 0 Å². The Kier molecular flexibility index (Phi) is 5.09. The van der Waals surface area contributed by atoms with Crippen molar-refractivity contribution in [2.75, 3.05) is 12.8 Å². The predicted molar refractivity (Wildman–Crippen MR) is 71.1 cm³/mol. The molecular formula is C13H17NO3S. The van der Waals surface area contributed by atoms with E-state index in [0.29, 0.717) is 17.9 Å². The first-order valence-corrected chi connectivity index (χ1v) is 7.53. The summed E-state index contributed by atoms with van der Waals surface area (Å²) in [5.74, 6) is -0.172. The summed E-state index contributed by atoms with van der Waals surface area (Å²) in [6.07, 6.45) is 4.76. The van der Waals surface area contributed by atoms with Crippen LogP contribution in [0, 0.1) is 0 Å². The first-order chi connectivity index (χ1) is 8.45. The summed E-state index contributed by atoms with van der Waals surface area (Å²) >= 11 is 0. The van der Waals surface area contributed by atoms with Gasteiger partial charge in [0.2, 0.25) is 5.91 Å². The second-order valence-electron chi connectivity index (χ2n) is 3.92. The number of sulfone groups is 1. The summed E-state index contributed by atoms with van der Waals surface area (Å²) in [5, 5.41) is 2.69. The average Bonchev–Trinajstić information content (AvgIpc) is 2.28. The van der Waals surface area contributed by atoms with Crippen molar-refractivity contribution in [3.05, 3.63) is 42.0 Å². The van der Waals surface area contributed by atoms with Crippen LogP contribution in [-0.4, -0.2) is 27.1 Å². The number of benzene rings is 1. The Morgan fingerprint density at radius 1 is 1.33 bits per heavy atom. The van der Waals surface area contributed by atoms with Gasteiger partial charge >= 0.3 is 0 Å². The van der Waals surface area contributed by atoms with Crippen molar-refractivity contribution in [1.29, 1.82) is 0 Å². The molecule has 1 aromatic carbocycles. The smallest absolute Gasteiger partial charge is 0.243 e. The van der Waals surface area contributed by atoms with E-state index in [2.05, 4.69) is 5.32 Å². The molecular weight excluding hydrogens is 250 g/mol. The summed E-state index contributed by atoms with van der Waals surface area (Å²) in [6.45, 7) is 2.17. The van der Waals surface area contributed by atoms with Gasteiger partial charge in [0.1, 0.15) is 0 Å². The zero-order valence-corrected chi connectivity index (χ0v) is 11.3. The summed E-state index contributed by atoms with van der Waals surface area (Å²) in [4.78, 5) is 11.5. The van der Waals surface area contributed by atoms with Gasteiger partial charge in [0, 0.05) is 12.8 Å². The highest BCUT2D eigenvalue weighted by Crippen LogP contribution is 2.15. The molecule has 0 fully saturated rings. The van der Waals surface area contributed by atoms with Crippen molar-refractivity contribution in [1.82, 2.24) is 5.32 Å². The first-order valence-electron chi connectivity index (χ1n) is 5.63. The molecule has 1 aromatic rings. The molecule has 0 saturated heterocycles. The molecule has 18 heavy (non-hydrogen) atoms. The molecule has 0 aliphatic rings. The molecule has 0 unspecified atom stereocenters. The topological polar surface area (TPSA) is 63.2 Å². The van der Waals surface area contributed by atoms with E-state index in [1.165, 1.54) is 12.3 Å². The Morgan fingerprint density at radius 2 is 2.00 bits per heavy atom. The molecule has 0 spiro atoms. The fraction of sp³-hybridized carbons (Fsp3) is 0.308. The zero-order chi connectivity index (χ0) is 13.6. The third-order valence-electron chi connectivity index (χ3n) is 2.38. The number of amides is 1. The highest BCUT2D eigenvalue weighted by molar-refractivity contribution is 7.90. The highest BCUT2D eigenvalue weighted by atomic mass is 32.2. The van der Waals surface area contributed by atoms with Gasteiger partial charge in [-0.1, -0.05) is 24.3 Å². The van der Waals surface area contributed by atoms with Crippen LogP contribution in [0.5, 0.6) is 0 Å². The molecule has 0 aliphatic heterocycles. The van der Waals surface area contributed by atoms with E-state index in [1.54, 1.807) is 37.3 Å². The second-order valence-corrected chi connectivity index (χ2v) is 5.91. The van der Waals surface area contributed by atoms with E-state index in [1.807, 2.05) is 0 Å². The molecule has 0 heterocycles. The summed E-state index contributed by atoms with van der Waals surface area (Å²) in [5.41, 5.74) is 0.723. The van der Waals surface area contributed by atoms with Crippen molar-refractivity contribution < 1.29 is 13.2 Å². The molecule has 1 rings (SSSR count). The molecule has 1 N–H and O–H groups in total. The molecule has 98 valence electrons. The Bertz CT molecular complexity index is 547. The Morgan fingerprint density at radius 3 is 2.61 bits per heavy atom. The highest BCUT2D eigenvalue weighted by Gasteiger charge is 2.11. The maximum atomic E-state index is 11.6. The number of carbonyl (C=O) groups is 1. The quantitative estimate of drug-likeness (QED) is 0.818. The largest absolute Gasteiger partial charge is 0.352 e. The molecule has 0 aromatic heterocycles. The number of hydrogen-bond acceptors (Lipinski definition) is 3. The summed E-state index contributed by atoms with van der Waals surface area (Å²) in [6, 6.07) is 6.83. The lowest BCUT2D eigenvalue weighted by atomic mass is 10.1. The van der Waals surface area contributed by atoms with Gasteiger partial charge in [-0.2, -0.15) is 0 Å². The van der Waals surface area contributed by atoms with Gasteiger partial charge in [-0.15, -0.1) is 0 Å².